The van der Waals surface area contributed by atoms with Gasteiger partial charge in [-0.25, -0.2) is 0 Å². The number of hydrogen-bond donors (Lipinski definition) is 1. The second-order valence-electron chi connectivity index (χ2n) is 5.63. The molecule has 2 nitrogen and oxygen atoms in total. The van der Waals surface area contributed by atoms with Gasteiger partial charge in [0.15, 0.2) is 0 Å². The van der Waals surface area contributed by atoms with Gasteiger partial charge in [0.05, 0.1) is 7.11 Å². The van der Waals surface area contributed by atoms with E-state index in [0.717, 1.165) is 18.7 Å². The molecule has 1 atom stereocenters. The molecule has 0 saturated heterocycles. The van der Waals surface area contributed by atoms with Crippen molar-refractivity contribution in [3.63, 3.8) is 0 Å². The number of unbranched alkanes of at least 4 members (excludes halogenated alkanes) is 2. The smallest absolute Gasteiger partial charge is 0.126 e. The lowest BCUT2D eigenvalue weighted by Gasteiger charge is -2.23. The molecule has 1 rings (SSSR count). The molecule has 0 radical (unpaired) electrons. The Balaban J connectivity index is 2.96. The molecule has 0 bridgehead atoms. The van der Waals surface area contributed by atoms with Gasteiger partial charge in [-0.05, 0) is 44.4 Å². The summed E-state index contributed by atoms with van der Waals surface area (Å²) in [5, 5.41) is 3.69. The maximum atomic E-state index is 5.68. The molecule has 0 amide bonds. The molecule has 0 aliphatic carbocycles. The topological polar surface area (TPSA) is 21.3 Å². The molecular formula is C18H31NO. The Kier molecular flexibility index (Phi) is 7.68. The summed E-state index contributed by atoms with van der Waals surface area (Å²) in [5.74, 6) is 1.06. The number of ether oxygens (including phenoxy) is 1. The van der Waals surface area contributed by atoms with Gasteiger partial charge in [0.1, 0.15) is 5.75 Å². The molecule has 1 unspecified atom stereocenters. The van der Waals surface area contributed by atoms with E-state index in [1.54, 1.807) is 7.11 Å². The predicted octanol–water partition coefficient (Wildman–Crippen LogP) is 4.93. The summed E-state index contributed by atoms with van der Waals surface area (Å²) < 4.78 is 5.68. The number of hydrogen-bond acceptors (Lipinski definition) is 2. The van der Waals surface area contributed by atoms with E-state index in [2.05, 4.69) is 45.1 Å². The first kappa shape index (κ1) is 17.0. The molecule has 2 heteroatoms. The summed E-state index contributed by atoms with van der Waals surface area (Å²) in [6.45, 7) is 9.83. The van der Waals surface area contributed by atoms with Crippen molar-refractivity contribution in [1.29, 1.82) is 0 Å². The van der Waals surface area contributed by atoms with Crippen molar-refractivity contribution in [2.24, 2.45) is 0 Å². The standard InChI is InChI=1S/C18H31NO/c1-6-8-9-10-17(19-13-7-2)16-12-11-14(3)15(4)18(16)20-5/h11-12,17,19H,6-10,13H2,1-5H3. The molecule has 1 aromatic carbocycles. The molecule has 0 aromatic heterocycles. The normalized spacial score (nSPS) is 12.4. The molecule has 0 fully saturated rings. The summed E-state index contributed by atoms with van der Waals surface area (Å²) in [5.41, 5.74) is 3.89. The average molecular weight is 277 g/mol. The van der Waals surface area contributed by atoms with E-state index < -0.39 is 0 Å². The van der Waals surface area contributed by atoms with E-state index in [9.17, 15) is 0 Å². The minimum atomic E-state index is 0.413. The third-order valence-corrected chi connectivity index (χ3v) is 4.02. The fourth-order valence-electron chi connectivity index (χ4n) is 2.64. The van der Waals surface area contributed by atoms with Crippen LogP contribution < -0.4 is 10.1 Å². The van der Waals surface area contributed by atoms with Crippen LogP contribution in [0.5, 0.6) is 5.75 Å². The summed E-state index contributed by atoms with van der Waals surface area (Å²) in [6, 6.07) is 4.87. The van der Waals surface area contributed by atoms with Gasteiger partial charge in [-0.3, -0.25) is 0 Å². The predicted molar refractivity (Wildman–Crippen MR) is 87.6 cm³/mol. The third kappa shape index (κ3) is 4.52. The Morgan fingerprint density at radius 1 is 1.10 bits per heavy atom. The zero-order valence-electron chi connectivity index (χ0n) is 13.9. The number of rotatable bonds is 9. The van der Waals surface area contributed by atoms with Crippen molar-refractivity contribution in [2.75, 3.05) is 13.7 Å². The van der Waals surface area contributed by atoms with Crippen molar-refractivity contribution in [1.82, 2.24) is 5.32 Å². The van der Waals surface area contributed by atoms with Crippen molar-refractivity contribution in [2.45, 2.75) is 65.8 Å². The maximum Gasteiger partial charge on any atom is 0.126 e. The van der Waals surface area contributed by atoms with Gasteiger partial charge in [0, 0.05) is 11.6 Å². The monoisotopic (exact) mass is 277 g/mol. The van der Waals surface area contributed by atoms with Gasteiger partial charge >= 0.3 is 0 Å². The van der Waals surface area contributed by atoms with Gasteiger partial charge in [0.2, 0.25) is 0 Å². The molecule has 1 aromatic rings. The summed E-state index contributed by atoms with van der Waals surface area (Å²) in [7, 11) is 1.79. The van der Waals surface area contributed by atoms with E-state index in [1.165, 1.54) is 42.4 Å². The van der Waals surface area contributed by atoms with E-state index in [-0.39, 0.29) is 0 Å². The minimum absolute atomic E-state index is 0.413. The van der Waals surface area contributed by atoms with Crippen molar-refractivity contribution < 1.29 is 4.74 Å². The summed E-state index contributed by atoms with van der Waals surface area (Å²) >= 11 is 0. The minimum Gasteiger partial charge on any atom is -0.496 e. The van der Waals surface area contributed by atoms with Crippen LogP contribution in [0.1, 0.15) is 68.7 Å². The van der Waals surface area contributed by atoms with Gasteiger partial charge < -0.3 is 10.1 Å². The van der Waals surface area contributed by atoms with Crippen LogP contribution in [0.3, 0.4) is 0 Å². The first-order chi connectivity index (χ1) is 9.65. The highest BCUT2D eigenvalue weighted by atomic mass is 16.5. The highest BCUT2D eigenvalue weighted by Crippen LogP contribution is 2.33. The van der Waals surface area contributed by atoms with E-state index >= 15 is 0 Å². The fourth-order valence-corrected chi connectivity index (χ4v) is 2.64. The average Bonchev–Trinajstić information content (AvgIpc) is 2.45. The zero-order chi connectivity index (χ0) is 15.0. The maximum absolute atomic E-state index is 5.68. The quantitative estimate of drug-likeness (QED) is 0.646. The Bertz CT molecular complexity index is 401. The van der Waals surface area contributed by atoms with Crippen LogP contribution in [0, 0.1) is 13.8 Å². The van der Waals surface area contributed by atoms with Gasteiger partial charge in [-0.1, -0.05) is 45.2 Å². The van der Waals surface area contributed by atoms with Crippen molar-refractivity contribution in [3.8, 4) is 5.75 Å². The van der Waals surface area contributed by atoms with Crippen molar-refractivity contribution >= 4 is 0 Å². The molecule has 0 spiro atoms. The Morgan fingerprint density at radius 2 is 1.85 bits per heavy atom. The zero-order valence-corrected chi connectivity index (χ0v) is 13.9. The van der Waals surface area contributed by atoms with Crippen LogP contribution in [-0.4, -0.2) is 13.7 Å². The molecule has 0 aliphatic heterocycles. The van der Waals surface area contributed by atoms with E-state index in [1.807, 2.05) is 0 Å². The lowest BCUT2D eigenvalue weighted by atomic mass is 9.95. The SMILES string of the molecule is CCCCCC(NCCC)c1ccc(C)c(C)c1OC. The molecule has 0 aliphatic rings. The van der Waals surface area contributed by atoms with Crippen LogP contribution in [0.15, 0.2) is 12.1 Å². The molecule has 1 N–H and O–H groups in total. The first-order valence-corrected chi connectivity index (χ1v) is 8.03. The molecule has 20 heavy (non-hydrogen) atoms. The van der Waals surface area contributed by atoms with E-state index in [0.29, 0.717) is 6.04 Å². The summed E-state index contributed by atoms with van der Waals surface area (Å²) in [4.78, 5) is 0. The van der Waals surface area contributed by atoms with Gasteiger partial charge in [-0.2, -0.15) is 0 Å². The molecule has 0 heterocycles. The van der Waals surface area contributed by atoms with Crippen LogP contribution in [0.2, 0.25) is 0 Å². The van der Waals surface area contributed by atoms with Crippen LogP contribution in [-0.2, 0) is 0 Å². The third-order valence-electron chi connectivity index (χ3n) is 4.02. The number of benzene rings is 1. The van der Waals surface area contributed by atoms with Crippen LogP contribution >= 0.6 is 0 Å². The fraction of sp³-hybridized carbons (Fsp3) is 0.667. The summed E-state index contributed by atoms with van der Waals surface area (Å²) in [6.07, 6.45) is 6.19. The van der Waals surface area contributed by atoms with E-state index in [4.69, 9.17) is 4.74 Å². The highest BCUT2D eigenvalue weighted by Gasteiger charge is 2.17. The largest absolute Gasteiger partial charge is 0.496 e. The second kappa shape index (κ2) is 9.02. The Morgan fingerprint density at radius 3 is 2.45 bits per heavy atom. The Labute approximate surface area is 124 Å². The number of nitrogens with one attached hydrogen (secondary N) is 1. The second-order valence-corrected chi connectivity index (χ2v) is 5.63. The first-order valence-electron chi connectivity index (χ1n) is 8.03. The molecule has 0 saturated carbocycles. The van der Waals surface area contributed by atoms with Gasteiger partial charge in [0.25, 0.3) is 0 Å². The number of methoxy groups -OCH3 is 1. The Hall–Kier alpha value is -1.02. The lowest BCUT2D eigenvalue weighted by molar-refractivity contribution is 0.388. The lowest BCUT2D eigenvalue weighted by Crippen LogP contribution is -2.23. The molecular weight excluding hydrogens is 246 g/mol. The van der Waals surface area contributed by atoms with Gasteiger partial charge in [-0.15, -0.1) is 0 Å². The van der Waals surface area contributed by atoms with Crippen molar-refractivity contribution in [3.05, 3.63) is 28.8 Å². The highest BCUT2D eigenvalue weighted by molar-refractivity contribution is 5.46. The number of aryl methyl sites for hydroxylation is 1. The van der Waals surface area contributed by atoms with Crippen LogP contribution in [0.25, 0.3) is 0 Å². The molecule has 114 valence electrons. The van der Waals surface area contributed by atoms with Crippen LogP contribution in [0.4, 0.5) is 0 Å².